The summed E-state index contributed by atoms with van der Waals surface area (Å²) < 4.78 is 17.3. The summed E-state index contributed by atoms with van der Waals surface area (Å²) in [5.74, 6) is -0.648. The van der Waals surface area contributed by atoms with Crippen molar-refractivity contribution in [3.63, 3.8) is 0 Å². The van der Waals surface area contributed by atoms with Gasteiger partial charge >= 0.3 is 17.8 Å². The molecular weight excluding hydrogens is 489 g/mol. The van der Waals surface area contributed by atoms with Gasteiger partial charge in [-0.25, -0.2) is 14.6 Å². The molecule has 0 aliphatic carbocycles. The summed E-state index contributed by atoms with van der Waals surface area (Å²) in [5.41, 5.74) is 1.41. The second-order valence-corrected chi connectivity index (χ2v) is 16.3. The lowest BCUT2D eigenvalue weighted by Crippen LogP contribution is -2.46. The Hall–Kier alpha value is -0.903. The molecule has 0 fully saturated rings. The number of esters is 2. The van der Waals surface area contributed by atoms with Crippen LogP contribution in [-0.4, -0.2) is 45.2 Å². The zero-order chi connectivity index (χ0) is 21.8. The molecule has 1 rings (SSSR count). The first-order chi connectivity index (χ1) is 12.9. The van der Waals surface area contributed by atoms with Gasteiger partial charge in [0, 0.05) is 9.62 Å². The van der Waals surface area contributed by atoms with E-state index in [0.29, 0.717) is 28.8 Å². The highest BCUT2D eigenvalue weighted by atomic mass is 127. The van der Waals surface area contributed by atoms with Crippen LogP contribution in [0.25, 0.3) is 0 Å². The van der Waals surface area contributed by atoms with Crippen LogP contribution in [0, 0.1) is 0 Å². The van der Waals surface area contributed by atoms with Crippen molar-refractivity contribution in [2.24, 2.45) is 4.99 Å². The van der Waals surface area contributed by atoms with Crippen LogP contribution in [0.15, 0.2) is 14.0 Å². The fourth-order valence-electron chi connectivity index (χ4n) is 4.31. The molecule has 8 heteroatoms. The lowest BCUT2D eigenvalue weighted by atomic mass is 10.2. The number of halogens is 1. The van der Waals surface area contributed by atoms with Crippen molar-refractivity contribution in [3.8, 4) is 0 Å². The first-order valence-electron chi connectivity index (χ1n) is 9.82. The Morgan fingerprint density at radius 1 is 1.07 bits per heavy atom. The maximum atomic E-state index is 12.4. The van der Waals surface area contributed by atoms with E-state index in [9.17, 15) is 9.59 Å². The molecule has 0 saturated carbocycles. The van der Waals surface area contributed by atoms with Crippen LogP contribution in [-0.2, 0) is 23.8 Å². The van der Waals surface area contributed by atoms with Crippen molar-refractivity contribution >= 4 is 48.5 Å². The van der Waals surface area contributed by atoms with E-state index < -0.39 is 26.1 Å². The summed E-state index contributed by atoms with van der Waals surface area (Å²) in [6.07, 6.45) is -0.0103. The molecule has 1 aliphatic heterocycles. The quantitative estimate of drug-likeness (QED) is 0.262. The number of ether oxygens (including phenoxy) is 3. The monoisotopic (exact) mass is 523 g/mol. The Morgan fingerprint density at radius 3 is 1.96 bits per heavy atom. The molecular formula is C20H34INO5Si. The SMILES string of the molecule is COC(=O)[C@@H]1C/C(=C(\I)[Si](C(C)C)(C(C)C)C(C)C)OC(C(=O)OC(C)C)=N1. The third-order valence-electron chi connectivity index (χ3n) is 5.35. The average Bonchev–Trinajstić information content (AvgIpc) is 2.59. The molecule has 0 radical (unpaired) electrons. The molecule has 1 heterocycles. The van der Waals surface area contributed by atoms with Gasteiger partial charge in [-0.2, -0.15) is 0 Å². The molecule has 0 aromatic carbocycles. The predicted molar refractivity (Wildman–Crippen MR) is 122 cm³/mol. The van der Waals surface area contributed by atoms with E-state index in [0.717, 1.165) is 3.20 Å². The summed E-state index contributed by atoms with van der Waals surface area (Å²) in [5, 5.41) is 0. The number of carbonyl (C=O) groups excluding carboxylic acids is 2. The highest BCUT2D eigenvalue weighted by Crippen LogP contribution is 2.50. The van der Waals surface area contributed by atoms with Crippen molar-refractivity contribution in [3.05, 3.63) is 8.96 Å². The van der Waals surface area contributed by atoms with Gasteiger partial charge in [-0.1, -0.05) is 64.1 Å². The lowest BCUT2D eigenvalue weighted by Gasteiger charge is -2.44. The lowest BCUT2D eigenvalue weighted by molar-refractivity contribution is -0.142. The van der Waals surface area contributed by atoms with E-state index in [2.05, 4.69) is 69.1 Å². The maximum Gasteiger partial charge on any atom is 0.394 e. The fraction of sp³-hybridized carbons (Fsp3) is 0.750. The minimum atomic E-state index is -2.01. The standard InChI is InChI=1S/C20H34INO5Si/c1-11(2)26-20(24)18-22-15(19(23)25-9)10-16(27-18)17(21)28(12(3)4,13(5)6)14(7)8/h11-15H,10H2,1-9H3/b17-16-/t15-/m0/s1. The Kier molecular flexibility index (Phi) is 9.18. The molecule has 28 heavy (non-hydrogen) atoms. The number of nitrogens with zero attached hydrogens (tertiary/aromatic N) is 1. The highest BCUT2D eigenvalue weighted by Gasteiger charge is 2.48. The first-order valence-corrected chi connectivity index (χ1v) is 13.1. The Morgan fingerprint density at radius 2 is 1.57 bits per heavy atom. The third kappa shape index (κ3) is 5.17. The first kappa shape index (κ1) is 25.1. The topological polar surface area (TPSA) is 74.2 Å². The van der Waals surface area contributed by atoms with Crippen molar-refractivity contribution in [2.75, 3.05) is 7.11 Å². The van der Waals surface area contributed by atoms with Crippen LogP contribution in [0.4, 0.5) is 0 Å². The molecule has 1 aliphatic rings. The summed E-state index contributed by atoms with van der Waals surface area (Å²) >= 11 is 2.38. The van der Waals surface area contributed by atoms with Gasteiger partial charge in [-0.3, -0.25) is 0 Å². The molecule has 0 N–H and O–H groups in total. The largest absolute Gasteiger partial charge is 0.467 e. The molecule has 0 unspecified atom stereocenters. The van der Waals surface area contributed by atoms with Gasteiger partial charge in [0.05, 0.1) is 13.2 Å². The minimum absolute atomic E-state index is 0.168. The Balaban J connectivity index is 3.54. The van der Waals surface area contributed by atoms with Gasteiger partial charge < -0.3 is 14.2 Å². The third-order valence-corrected chi connectivity index (χ3v) is 15.5. The number of carbonyl (C=O) groups is 2. The summed E-state index contributed by atoms with van der Waals surface area (Å²) in [7, 11) is -0.685. The smallest absolute Gasteiger partial charge is 0.394 e. The van der Waals surface area contributed by atoms with E-state index in [1.54, 1.807) is 13.8 Å². The summed E-state index contributed by atoms with van der Waals surface area (Å²) in [6, 6.07) is -0.800. The molecule has 160 valence electrons. The zero-order valence-electron chi connectivity index (χ0n) is 18.5. The molecule has 0 saturated heterocycles. The Bertz CT molecular complexity index is 633. The molecule has 0 bridgehead atoms. The second kappa shape index (κ2) is 10.2. The molecule has 0 spiro atoms. The molecule has 0 amide bonds. The van der Waals surface area contributed by atoms with Crippen LogP contribution in [0.2, 0.25) is 16.6 Å². The van der Waals surface area contributed by atoms with Crippen LogP contribution in [0.3, 0.4) is 0 Å². The maximum absolute atomic E-state index is 12.4. The molecule has 0 aromatic heterocycles. The van der Waals surface area contributed by atoms with Gasteiger partial charge in [0.15, 0.2) is 6.04 Å². The fourth-order valence-corrected chi connectivity index (χ4v) is 16.4. The predicted octanol–water partition coefficient (Wildman–Crippen LogP) is 5.16. The van der Waals surface area contributed by atoms with Gasteiger partial charge in [0.25, 0.3) is 0 Å². The Labute approximate surface area is 183 Å². The van der Waals surface area contributed by atoms with Crippen molar-refractivity contribution in [1.29, 1.82) is 0 Å². The van der Waals surface area contributed by atoms with Gasteiger partial charge in [0.1, 0.15) is 13.8 Å². The van der Waals surface area contributed by atoms with Crippen LogP contribution < -0.4 is 0 Å². The number of methoxy groups -OCH3 is 1. The van der Waals surface area contributed by atoms with E-state index in [1.807, 2.05) is 0 Å². The van der Waals surface area contributed by atoms with Gasteiger partial charge in [-0.15, -0.1) is 0 Å². The second-order valence-electron chi connectivity index (χ2n) is 8.37. The van der Waals surface area contributed by atoms with E-state index >= 15 is 0 Å². The molecule has 1 atom stereocenters. The van der Waals surface area contributed by atoms with Crippen LogP contribution in [0.5, 0.6) is 0 Å². The zero-order valence-corrected chi connectivity index (χ0v) is 21.6. The normalized spacial score (nSPS) is 19.6. The van der Waals surface area contributed by atoms with E-state index in [1.165, 1.54) is 7.11 Å². The summed E-state index contributed by atoms with van der Waals surface area (Å²) in [6.45, 7) is 17.1. The minimum Gasteiger partial charge on any atom is -0.467 e. The average molecular weight is 523 g/mol. The van der Waals surface area contributed by atoms with E-state index in [-0.39, 0.29) is 12.0 Å². The van der Waals surface area contributed by atoms with Crippen LogP contribution >= 0.6 is 22.6 Å². The highest BCUT2D eigenvalue weighted by molar-refractivity contribution is 14.1. The molecule has 0 aromatic rings. The van der Waals surface area contributed by atoms with Crippen molar-refractivity contribution in [2.45, 2.75) is 90.6 Å². The van der Waals surface area contributed by atoms with Crippen LogP contribution in [0.1, 0.15) is 61.8 Å². The number of hydrogen-bond donors (Lipinski definition) is 0. The van der Waals surface area contributed by atoms with Gasteiger partial charge in [-0.05, 0) is 30.5 Å². The van der Waals surface area contributed by atoms with Crippen molar-refractivity contribution in [1.82, 2.24) is 0 Å². The molecule has 6 nitrogen and oxygen atoms in total. The number of aliphatic imine (C=N–C) groups is 1. The number of hydrogen-bond acceptors (Lipinski definition) is 6. The van der Waals surface area contributed by atoms with E-state index in [4.69, 9.17) is 14.2 Å². The van der Waals surface area contributed by atoms with Crippen molar-refractivity contribution < 1.29 is 23.8 Å². The van der Waals surface area contributed by atoms with Gasteiger partial charge in [0.2, 0.25) is 0 Å². The number of rotatable bonds is 7. The summed E-state index contributed by atoms with van der Waals surface area (Å²) in [4.78, 5) is 28.8.